The van der Waals surface area contributed by atoms with Crippen molar-refractivity contribution < 1.29 is 4.74 Å². The highest BCUT2D eigenvalue weighted by molar-refractivity contribution is 7.07. The molecule has 3 aromatic rings. The Bertz CT molecular complexity index is 877. The molecule has 2 aromatic carbocycles. The highest BCUT2D eigenvalue weighted by atomic mass is 32.1. The Labute approximate surface area is 140 Å². The molecule has 0 N–H and O–H groups in total. The van der Waals surface area contributed by atoms with E-state index >= 15 is 0 Å². The molecule has 1 heterocycles. The topological polar surface area (TPSA) is 26.5 Å². The summed E-state index contributed by atoms with van der Waals surface area (Å²) in [5.41, 5.74) is 4.56. The molecule has 3 rings (SSSR count). The van der Waals surface area contributed by atoms with Gasteiger partial charge < -0.3 is 9.30 Å². The lowest BCUT2D eigenvalue weighted by Crippen LogP contribution is -2.17. The lowest BCUT2D eigenvalue weighted by atomic mass is 10.2. The summed E-state index contributed by atoms with van der Waals surface area (Å²) >= 11 is 1.67. The summed E-state index contributed by atoms with van der Waals surface area (Å²) in [5.74, 6) is 0.909. The minimum atomic E-state index is 0.754. The van der Waals surface area contributed by atoms with Crippen molar-refractivity contribution in [2.24, 2.45) is 4.99 Å². The molecule has 0 radical (unpaired) electrons. The van der Waals surface area contributed by atoms with Crippen molar-refractivity contribution in [1.29, 1.82) is 0 Å². The van der Waals surface area contributed by atoms with E-state index in [1.807, 2.05) is 30.3 Å². The van der Waals surface area contributed by atoms with Crippen molar-refractivity contribution in [3.05, 3.63) is 75.5 Å². The summed E-state index contributed by atoms with van der Waals surface area (Å²) in [7, 11) is 1.71. The van der Waals surface area contributed by atoms with Gasteiger partial charge in [0.1, 0.15) is 5.75 Å². The van der Waals surface area contributed by atoms with Gasteiger partial charge in [-0.25, -0.2) is 4.99 Å². The molecule has 0 aliphatic heterocycles. The number of aromatic nitrogens is 1. The molecule has 0 saturated heterocycles. The van der Waals surface area contributed by atoms with E-state index in [-0.39, 0.29) is 0 Å². The van der Waals surface area contributed by atoms with Crippen LogP contribution in [-0.4, -0.2) is 11.7 Å². The molecular formula is C19H20N2OS. The van der Waals surface area contributed by atoms with E-state index in [0.717, 1.165) is 28.3 Å². The smallest absolute Gasteiger partial charge is 0.190 e. The van der Waals surface area contributed by atoms with Gasteiger partial charge in [0.25, 0.3) is 0 Å². The fourth-order valence-corrected chi connectivity index (χ4v) is 3.40. The maximum Gasteiger partial charge on any atom is 0.190 e. The van der Waals surface area contributed by atoms with E-state index in [0.29, 0.717) is 0 Å². The summed E-state index contributed by atoms with van der Waals surface area (Å²) in [4.78, 5) is 5.81. The minimum Gasteiger partial charge on any atom is -0.496 e. The fourth-order valence-electron chi connectivity index (χ4n) is 2.51. The lowest BCUT2D eigenvalue weighted by molar-refractivity contribution is 0.408. The van der Waals surface area contributed by atoms with Crippen molar-refractivity contribution in [1.82, 2.24) is 4.57 Å². The fraction of sp³-hybridized carbons (Fsp3) is 0.211. The summed E-state index contributed by atoms with van der Waals surface area (Å²) in [6.07, 6.45) is 0. The largest absolute Gasteiger partial charge is 0.496 e. The third-order valence-electron chi connectivity index (χ3n) is 3.74. The van der Waals surface area contributed by atoms with Crippen LogP contribution >= 0.6 is 11.3 Å². The Hall–Kier alpha value is -2.33. The minimum absolute atomic E-state index is 0.754. The van der Waals surface area contributed by atoms with Gasteiger partial charge in [0.2, 0.25) is 0 Å². The molecule has 23 heavy (non-hydrogen) atoms. The van der Waals surface area contributed by atoms with E-state index in [1.165, 1.54) is 11.3 Å². The first-order chi connectivity index (χ1) is 11.2. The molecule has 3 nitrogen and oxygen atoms in total. The molecule has 4 heteroatoms. The van der Waals surface area contributed by atoms with Gasteiger partial charge in [-0.05, 0) is 37.6 Å². The van der Waals surface area contributed by atoms with Gasteiger partial charge in [0.15, 0.2) is 4.80 Å². The van der Waals surface area contributed by atoms with Crippen LogP contribution in [0.25, 0.3) is 0 Å². The Morgan fingerprint density at radius 3 is 2.70 bits per heavy atom. The van der Waals surface area contributed by atoms with Crippen LogP contribution in [-0.2, 0) is 6.54 Å². The lowest BCUT2D eigenvalue weighted by Gasteiger charge is -2.10. The molecule has 0 amide bonds. The first-order valence-electron chi connectivity index (χ1n) is 7.55. The zero-order chi connectivity index (χ0) is 16.2. The van der Waals surface area contributed by atoms with Crippen LogP contribution in [0.15, 0.2) is 58.9 Å². The maximum absolute atomic E-state index is 5.47. The Morgan fingerprint density at radius 1 is 1.09 bits per heavy atom. The van der Waals surface area contributed by atoms with Crippen LogP contribution < -0.4 is 9.54 Å². The van der Waals surface area contributed by atoms with Crippen molar-refractivity contribution in [2.45, 2.75) is 20.4 Å². The molecular weight excluding hydrogens is 304 g/mol. The molecule has 1 aromatic heterocycles. The van der Waals surface area contributed by atoms with E-state index in [1.54, 1.807) is 18.4 Å². The maximum atomic E-state index is 5.47. The van der Waals surface area contributed by atoms with Gasteiger partial charge in [-0.3, -0.25) is 0 Å². The first-order valence-corrected chi connectivity index (χ1v) is 8.43. The summed E-state index contributed by atoms with van der Waals surface area (Å²) in [6, 6.07) is 16.4. The zero-order valence-electron chi connectivity index (χ0n) is 13.6. The van der Waals surface area contributed by atoms with E-state index in [9.17, 15) is 0 Å². The molecule has 0 spiro atoms. The highest BCUT2D eigenvalue weighted by Gasteiger charge is 2.07. The number of aryl methyl sites for hydroxylation is 2. The number of benzene rings is 2. The monoisotopic (exact) mass is 324 g/mol. The second kappa shape index (κ2) is 6.84. The van der Waals surface area contributed by atoms with Crippen molar-refractivity contribution in [2.75, 3.05) is 7.11 Å². The summed E-state index contributed by atoms with van der Waals surface area (Å²) < 4.78 is 7.69. The summed E-state index contributed by atoms with van der Waals surface area (Å²) in [6.45, 7) is 4.95. The molecule has 0 saturated carbocycles. The van der Waals surface area contributed by atoms with Gasteiger partial charge in [0.05, 0.1) is 19.3 Å². The van der Waals surface area contributed by atoms with Crippen LogP contribution in [0.4, 0.5) is 5.69 Å². The molecule has 0 aliphatic rings. The average Bonchev–Trinajstić information content (AvgIpc) is 2.89. The molecule has 0 fully saturated rings. The van der Waals surface area contributed by atoms with Crippen LogP contribution in [0.2, 0.25) is 0 Å². The molecule has 0 atom stereocenters. The SMILES string of the molecule is COc1ccccc1Cn1c(C)csc1=Nc1cccc(C)c1. The second-order valence-electron chi connectivity index (χ2n) is 5.51. The highest BCUT2D eigenvalue weighted by Crippen LogP contribution is 2.19. The Morgan fingerprint density at radius 2 is 1.91 bits per heavy atom. The van der Waals surface area contributed by atoms with Crippen LogP contribution in [0.3, 0.4) is 0 Å². The van der Waals surface area contributed by atoms with Gasteiger partial charge >= 0.3 is 0 Å². The van der Waals surface area contributed by atoms with Gasteiger partial charge in [0, 0.05) is 16.6 Å². The third-order valence-corrected chi connectivity index (χ3v) is 4.72. The molecule has 118 valence electrons. The van der Waals surface area contributed by atoms with E-state index < -0.39 is 0 Å². The number of ether oxygens (including phenoxy) is 1. The van der Waals surface area contributed by atoms with Gasteiger partial charge in [-0.2, -0.15) is 0 Å². The van der Waals surface area contributed by atoms with Crippen molar-refractivity contribution in [3.8, 4) is 5.75 Å². The van der Waals surface area contributed by atoms with Crippen LogP contribution in [0, 0.1) is 13.8 Å². The predicted octanol–water partition coefficient (Wildman–Crippen LogP) is 4.46. The number of rotatable bonds is 4. The number of methoxy groups -OCH3 is 1. The van der Waals surface area contributed by atoms with Gasteiger partial charge in [-0.1, -0.05) is 30.3 Å². The number of hydrogen-bond acceptors (Lipinski definition) is 3. The van der Waals surface area contributed by atoms with Crippen LogP contribution in [0.1, 0.15) is 16.8 Å². The van der Waals surface area contributed by atoms with E-state index in [4.69, 9.17) is 9.73 Å². The Balaban J connectivity index is 2.02. The molecule has 0 aliphatic carbocycles. The third kappa shape index (κ3) is 3.54. The van der Waals surface area contributed by atoms with Crippen molar-refractivity contribution >= 4 is 17.0 Å². The summed E-state index contributed by atoms with van der Waals surface area (Å²) in [5, 5.41) is 2.14. The first kappa shape index (κ1) is 15.6. The number of nitrogens with zero attached hydrogens (tertiary/aromatic N) is 2. The number of thiazole rings is 1. The van der Waals surface area contributed by atoms with Gasteiger partial charge in [-0.15, -0.1) is 11.3 Å². The van der Waals surface area contributed by atoms with Crippen LogP contribution in [0.5, 0.6) is 5.75 Å². The second-order valence-corrected chi connectivity index (χ2v) is 6.35. The van der Waals surface area contributed by atoms with E-state index in [2.05, 4.69) is 42.0 Å². The quantitative estimate of drug-likeness (QED) is 0.696. The molecule has 0 bridgehead atoms. The van der Waals surface area contributed by atoms with Crippen molar-refractivity contribution in [3.63, 3.8) is 0 Å². The normalized spacial score (nSPS) is 11.7. The predicted molar refractivity (Wildman–Crippen MR) is 95.5 cm³/mol. The standard InChI is InChI=1S/C19H20N2OS/c1-14-7-6-9-17(11-14)20-19-21(15(2)13-23-19)12-16-8-4-5-10-18(16)22-3/h4-11,13H,12H2,1-3H3. The molecule has 0 unspecified atom stereocenters. The Kier molecular flexibility index (Phi) is 4.63. The zero-order valence-corrected chi connectivity index (χ0v) is 14.4. The number of hydrogen-bond donors (Lipinski definition) is 0. The number of para-hydroxylation sites is 1. The average molecular weight is 324 g/mol.